The largest absolute Gasteiger partial charge is 0.497 e. The molecule has 0 saturated carbocycles. The molecule has 11 nitrogen and oxygen atoms in total. The highest BCUT2D eigenvalue weighted by atomic mass is 79.9. The lowest BCUT2D eigenvalue weighted by molar-refractivity contribution is -0.147. The second-order valence-electron chi connectivity index (χ2n) is 14.5. The van der Waals surface area contributed by atoms with Crippen LogP contribution in [0.25, 0.3) is 16.8 Å². The Morgan fingerprint density at radius 1 is 0.763 bits per heavy atom. The summed E-state index contributed by atoms with van der Waals surface area (Å²) in [7, 11) is 4.43. The number of fused-ring (bicyclic) bond motifs is 3. The summed E-state index contributed by atoms with van der Waals surface area (Å²) in [6, 6.07) is 28.1. The van der Waals surface area contributed by atoms with Gasteiger partial charge in [-0.15, -0.1) is 0 Å². The predicted octanol–water partition coefficient (Wildman–Crippen LogP) is 9.64. The number of halogens is 1. The molecule has 0 bridgehead atoms. The van der Waals surface area contributed by atoms with Gasteiger partial charge >= 0.3 is 23.9 Å². The maximum atomic E-state index is 14.0. The summed E-state index contributed by atoms with van der Waals surface area (Å²) in [4.78, 5) is 52.8. The molecule has 6 rings (SSSR count). The number of benzene rings is 5. The van der Waals surface area contributed by atoms with Crippen LogP contribution in [0.2, 0.25) is 0 Å². The molecule has 0 fully saturated rings. The fourth-order valence-corrected chi connectivity index (χ4v) is 7.67. The minimum Gasteiger partial charge on any atom is -0.497 e. The molecule has 0 N–H and O–H groups in total. The molecule has 1 aliphatic heterocycles. The first-order chi connectivity index (χ1) is 28.3. The highest BCUT2D eigenvalue weighted by Crippen LogP contribution is 2.50. The van der Waals surface area contributed by atoms with E-state index < -0.39 is 39.7 Å². The van der Waals surface area contributed by atoms with Gasteiger partial charge in [0.2, 0.25) is 0 Å². The van der Waals surface area contributed by atoms with Crippen LogP contribution in [0, 0.1) is 5.41 Å². The first kappa shape index (κ1) is 42.5. The molecule has 0 radical (unpaired) electrons. The molecule has 0 saturated heterocycles. The van der Waals surface area contributed by atoms with Gasteiger partial charge in [-0.05, 0) is 81.3 Å². The Hall–Kier alpha value is -6.14. The van der Waals surface area contributed by atoms with E-state index in [9.17, 15) is 19.2 Å². The summed E-state index contributed by atoms with van der Waals surface area (Å²) in [5, 5.41) is 0.980. The van der Waals surface area contributed by atoms with Crippen LogP contribution in [-0.2, 0) is 24.7 Å². The van der Waals surface area contributed by atoms with E-state index in [0.717, 1.165) is 24.0 Å². The zero-order valence-electron chi connectivity index (χ0n) is 33.7. The van der Waals surface area contributed by atoms with Crippen molar-refractivity contribution >= 4 is 56.7 Å². The molecular weight excluding hydrogens is 820 g/mol. The molecular formula is C47H45BrO11. The van der Waals surface area contributed by atoms with Crippen LogP contribution in [0.15, 0.2) is 103 Å². The van der Waals surface area contributed by atoms with E-state index in [1.165, 1.54) is 25.3 Å². The minimum absolute atomic E-state index is 0.0225. The number of ether oxygens (including phenoxy) is 7. The van der Waals surface area contributed by atoms with Gasteiger partial charge < -0.3 is 33.2 Å². The van der Waals surface area contributed by atoms with Gasteiger partial charge in [0.15, 0.2) is 11.4 Å². The van der Waals surface area contributed by atoms with Gasteiger partial charge in [-0.2, -0.15) is 0 Å². The summed E-state index contributed by atoms with van der Waals surface area (Å²) in [5.41, 5.74) is -0.324. The molecule has 1 atom stereocenters. The van der Waals surface area contributed by atoms with Gasteiger partial charge in [0.25, 0.3) is 0 Å². The molecule has 59 heavy (non-hydrogen) atoms. The monoisotopic (exact) mass is 864 g/mol. The van der Waals surface area contributed by atoms with Crippen LogP contribution in [0.3, 0.4) is 0 Å². The number of esters is 4. The molecule has 1 unspecified atom stereocenters. The van der Waals surface area contributed by atoms with Gasteiger partial charge in [-0.3, -0.25) is 9.59 Å². The number of alkyl halides is 1. The van der Waals surface area contributed by atoms with Crippen molar-refractivity contribution in [3.63, 3.8) is 0 Å². The summed E-state index contributed by atoms with van der Waals surface area (Å²) in [5.74, 6) is -0.901. The van der Waals surface area contributed by atoms with Crippen LogP contribution >= 0.6 is 15.9 Å². The zero-order chi connectivity index (χ0) is 42.3. The van der Waals surface area contributed by atoms with Crippen LogP contribution in [-0.4, -0.2) is 56.6 Å². The lowest BCUT2D eigenvalue weighted by atomic mass is 9.82. The Kier molecular flexibility index (Phi) is 13.1. The molecule has 12 heteroatoms. The number of carbonyl (C=O) groups excluding carboxylic acids is 4. The van der Waals surface area contributed by atoms with Gasteiger partial charge in [-0.1, -0.05) is 83.9 Å². The Labute approximate surface area is 351 Å². The van der Waals surface area contributed by atoms with E-state index in [4.69, 9.17) is 33.2 Å². The SMILES string of the molecule is CCCCOC(=O)C(Br)CC(C)(C)C(=O)Oc1cccc(C(=O)Oc2c(C(=O)OC)c3c(c4ccccc24)OC(c2ccc(OC)cc2)(c2ccc(OC)cc2)C=C3)c1. The van der Waals surface area contributed by atoms with Crippen LogP contribution in [0.5, 0.6) is 28.7 Å². The normalized spacial score (nSPS) is 13.3. The van der Waals surface area contributed by atoms with Gasteiger partial charge in [0.05, 0.1) is 38.9 Å². The van der Waals surface area contributed by atoms with Crippen LogP contribution in [0.1, 0.15) is 77.4 Å². The summed E-state index contributed by atoms with van der Waals surface area (Å²) < 4.78 is 40.3. The first-order valence-electron chi connectivity index (χ1n) is 19.0. The molecule has 5 aromatic carbocycles. The van der Waals surface area contributed by atoms with E-state index in [0.29, 0.717) is 40.2 Å². The molecule has 0 aromatic heterocycles. The van der Waals surface area contributed by atoms with Crippen molar-refractivity contribution in [2.75, 3.05) is 27.9 Å². The Morgan fingerprint density at radius 2 is 1.39 bits per heavy atom. The van der Waals surface area contributed by atoms with Crippen molar-refractivity contribution in [2.45, 2.75) is 50.5 Å². The Bertz CT molecular complexity index is 2340. The van der Waals surface area contributed by atoms with Crippen molar-refractivity contribution in [1.29, 1.82) is 0 Å². The van der Waals surface area contributed by atoms with Crippen molar-refractivity contribution in [3.8, 4) is 28.7 Å². The van der Waals surface area contributed by atoms with E-state index >= 15 is 0 Å². The number of unbranched alkanes of at least 4 members (excludes halogenated alkanes) is 1. The minimum atomic E-state index is -1.17. The van der Waals surface area contributed by atoms with E-state index in [2.05, 4.69) is 15.9 Å². The molecule has 5 aromatic rings. The van der Waals surface area contributed by atoms with E-state index in [1.807, 2.05) is 73.7 Å². The number of carbonyl (C=O) groups is 4. The third kappa shape index (κ3) is 8.97. The molecule has 306 valence electrons. The zero-order valence-corrected chi connectivity index (χ0v) is 35.3. The topological polar surface area (TPSA) is 133 Å². The second-order valence-corrected chi connectivity index (χ2v) is 15.6. The number of hydrogen-bond acceptors (Lipinski definition) is 11. The van der Waals surface area contributed by atoms with E-state index in [1.54, 1.807) is 52.3 Å². The van der Waals surface area contributed by atoms with Gasteiger partial charge in [0.1, 0.15) is 33.4 Å². The number of hydrogen-bond donors (Lipinski definition) is 0. The van der Waals surface area contributed by atoms with Crippen molar-refractivity contribution in [2.24, 2.45) is 5.41 Å². The van der Waals surface area contributed by atoms with Crippen LogP contribution in [0.4, 0.5) is 0 Å². The maximum absolute atomic E-state index is 14.0. The smallest absolute Gasteiger partial charge is 0.343 e. The molecule has 0 aliphatic carbocycles. The summed E-state index contributed by atoms with van der Waals surface area (Å²) >= 11 is 3.35. The van der Waals surface area contributed by atoms with Crippen LogP contribution < -0.4 is 23.7 Å². The first-order valence-corrected chi connectivity index (χ1v) is 20.0. The fourth-order valence-electron chi connectivity index (χ4n) is 6.73. The second kappa shape index (κ2) is 18.2. The fraction of sp³-hybridized carbons (Fsp3) is 0.277. The summed E-state index contributed by atoms with van der Waals surface area (Å²) in [6.45, 7) is 5.61. The van der Waals surface area contributed by atoms with Gasteiger partial charge in [-0.25, -0.2) is 9.59 Å². The van der Waals surface area contributed by atoms with Crippen molar-refractivity contribution in [1.82, 2.24) is 0 Å². The highest BCUT2D eigenvalue weighted by Gasteiger charge is 2.41. The third-order valence-corrected chi connectivity index (χ3v) is 10.7. The van der Waals surface area contributed by atoms with Crippen molar-refractivity contribution in [3.05, 3.63) is 131 Å². The van der Waals surface area contributed by atoms with E-state index in [-0.39, 0.29) is 29.0 Å². The Balaban J connectivity index is 1.35. The molecule has 1 aliphatic rings. The number of rotatable bonds is 15. The lowest BCUT2D eigenvalue weighted by Crippen LogP contribution is -2.35. The number of methoxy groups -OCH3 is 3. The lowest BCUT2D eigenvalue weighted by Gasteiger charge is -2.37. The average Bonchev–Trinajstić information content (AvgIpc) is 3.26. The van der Waals surface area contributed by atoms with Crippen molar-refractivity contribution < 1.29 is 52.3 Å². The third-order valence-electron chi connectivity index (χ3n) is 10.0. The predicted molar refractivity (Wildman–Crippen MR) is 226 cm³/mol. The van der Waals surface area contributed by atoms with Gasteiger partial charge in [0, 0.05) is 27.5 Å². The maximum Gasteiger partial charge on any atom is 0.343 e. The quantitative estimate of drug-likeness (QED) is 0.0431. The molecule has 0 spiro atoms. The summed E-state index contributed by atoms with van der Waals surface area (Å²) in [6.07, 6.45) is 5.35. The highest BCUT2D eigenvalue weighted by molar-refractivity contribution is 9.10. The molecule has 1 heterocycles. The average molecular weight is 866 g/mol. The Morgan fingerprint density at radius 3 is 1.98 bits per heavy atom. The standard InChI is InChI=1S/C47H45BrO11/c1-7-8-26-56-43(50)38(48)28-46(2,3)45(52)57-34-13-11-12-29(27-34)42(49)58-41-36-15-10-9-14-35(36)40-37(39(41)44(51)55-6)24-25-47(59-40,30-16-20-32(53-4)21-17-30)31-18-22-33(54-5)23-19-31/h9-25,27,38H,7-8,26,28H2,1-6H3. The molecule has 0 amide bonds.